The molecular weight excluding hydrogens is 268 g/mol. The van der Waals surface area contributed by atoms with Gasteiger partial charge in [0.2, 0.25) is 0 Å². The van der Waals surface area contributed by atoms with Crippen LogP contribution < -0.4 is 5.32 Å². The number of hydrogen-bond donors (Lipinski definition) is 2. The molecule has 2 heterocycles. The number of nitrogens with one attached hydrogen (secondary N) is 1. The van der Waals surface area contributed by atoms with Crippen molar-refractivity contribution in [1.29, 1.82) is 0 Å². The minimum absolute atomic E-state index is 0.0133. The molecule has 2 atom stereocenters. The van der Waals surface area contributed by atoms with Crippen molar-refractivity contribution in [2.45, 2.75) is 51.7 Å². The molecule has 0 spiro atoms. The maximum atomic E-state index is 12.3. The molecule has 1 aromatic rings. The highest BCUT2D eigenvalue weighted by Gasteiger charge is 2.34. The lowest BCUT2D eigenvalue weighted by Gasteiger charge is -2.38. The molecule has 6 heteroatoms. The third-order valence-electron chi connectivity index (χ3n) is 3.67. The quantitative estimate of drug-likeness (QED) is 0.786. The molecule has 1 aliphatic heterocycles. The van der Waals surface area contributed by atoms with E-state index in [2.05, 4.69) is 22.2 Å². The Bertz CT molecular complexity index is 504. The lowest BCUT2D eigenvalue weighted by Crippen LogP contribution is -2.50. The van der Waals surface area contributed by atoms with Crippen LogP contribution >= 0.6 is 0 Å². The summed E-state index contributed by atoms with van der Waals surface area (Å²) in [6, 6.07) is 0.0133. The maximum absolute atomic E-state index is 12.3. The van der Waals surface area contributed by atoms with Gasteiger partial charge in [0.05, 0.1) is 6.20 Å². The average Bonchev–Trinajstić information content (AvgIpc) is 2.50. The zero-order valence-electron chi connectivity index (χ0n) is 12.5. The van der Waals surface area contributed by atoms with E-state index in [4.69, 9.17) is 0 Å². The van der Waals surface area contributed by atoms with Crippen molar-refractivity contribution in [3.05, 3.63) is 36.2 Å². The monoisotopic (exact) mass is 290 g/mol. The zero-order valence-corrected chi connectivity index (χ0v) is 12.5. The summed E-state index contributed by atoms with van der Waals surface area (Å²) in [6.07, 6.45) is 9.98. The van der Waals surface area contributed by atoms with E-state index in [1.54, 1.807) is 23.5 Å². The highest BCUT2D eigenvalue weighted by atomic mass is 16.3. The van der Waals surface area contributed by atoms with Gasteiger partial charge in [0.15, 0.2) is 5.76 Å². The lowest BCUT2D eigenvalue weighted by molar-refractivity contribution is -0.137. The standard InChI is InChI=1S/C15H22N4O2/c1-3-4-5-6-11(2)19-14(12-9-16-7-8-17-12)18-10-13(20)15(19)21/h7-11,14,18,20H,3-6H2,1-2H3. The largest absolute Gasteiger partial charge is 0.502 e. The number of unbranched alkanes of at least 4 members (excludes halogenated alkanes) is 2. The summed E-state index contributed by atoms with van der Waals surface area (Å²) in [5, 5.41) is 12.7. The number of aliphatic hydroxyl groups is 1. The number of hydrogen-bond acceptors (Lipinski definition) is 5. The number of aliphatic hydroxyl groups excluding tert-OH is 1. The molecule has 1 amide bonds. The van der Waals surface area contributed by atoms with Crippen molar-refractivity contribution < 1.29 is 9.90 Å². The van der Waals surface area contributed by atoms with Crippen LogP contribution in [0.2, 0.25) is 0 Å². The van der Waals surface area contributed by atoms with E-state index in [9.17, 15) is 9.90 Å². The van der Waals surface area contributed by atoms with Crippen LogP contribution in [0.3, 0.4) is 0 Å². The van der Waals surface area contributed by atoms with E-state index < -0.39 is 6.17 Å². The van der Waals surface area contributed by atoms with Crippen LogP contribution in [0.1, 0.15) is 51.4 Å². The number of carbonyl (C=O) groups is 1. The van der Waals surface area contributed by atoms with Crippen LogP contribution in [0, 0.1) is 0 Å². The first-order valence-corrected chi connectivity index (χ1v) is 7.39. The molecule has 0 fully saturated rings. The van der Waals surface area contributed by atoms with Crippen LogP contribution in [-0.2, 0) is 4.79 Å². The van der Waals surface area contributed by atoms with Crippen molar-refractivity contribution in [2.24, 2.45) is 0 Å². The van der Waals surface area contributed by atoms with Gasteiger partial charge in [0.25, 0.3) is 5.91 Å². The van der Waals surface area contributed by atoms with Gasteiger partial charge in [-0.25, -0.2) is 0 Å². The summed E-state index contributed by atoms with van der Waals surface area (Å²) in [7, 11) is 0. The van der Waals surface area contributed by atoms with Crippen molar-refractivity contribution in [3.63, 3.8) is 0 Å². The minimum atomic E-state index is -0.390. The van der Waals surface area contributed by atoms with E-state index in [1.165, 1.54) is 6.20 Å². The van der Waals surface area contributed by atoms with Crippen LogP contribution in [0.5, 0.6) is 0 Å². The summed E-state index contributed by atoms with van der Waals surface area (Å²) in [4.78, 5) is 22.3. The molecule has 0 saturated carbocycles. The first-order chi connectivity index (χ1) is 10.1. The molecule has 0 saturated heterocycles. The van der Waals surface area contributed by atoms with Crippen molar-refractivity contribution >= 4 is 5.91 Å². The Labute approximate surface area is 124 Å². The topological polar surface area (TPSA) is 78.4 Å². The molecule has 2 unspecified atom stereocenters. The second-order valence-electron chi connectivity index (χ2n) is 5.29. The van der Waals surface area contributed by atoms with Gasteiger partial charge in [-0.3, -0.25) is 14.8 Å². The molecule has 1 aromatic heterocycles. The second kappa shape index (κ2) is 7.06. The Kier molecular flexibility index (Phi) is 5.14. The molecule has 21 heavy (non-hydrogen) atoms. The van der Waals surface area contributed by atoms with Gasteiger partial charge >= 0.3 is 0 Å². The van der Waals surface area contributed by atoms with Gasteiger partial charge < -0.3 is 15.3 Å². The molecule has 2 N–H and O–H groups in total. The number of aromatic nitrogens is 2. The number of nitrogens with zero attached hydrogens (tertiary/aromatic N) is 3. The predicted octanol–water partition coefficient (Wildman–Crippen LogP) is 2.28. The van der Waals surface area contributed by atoms with E-state index in [1.807, 2.05) is 6.92 Å². The maximum Gasteiger partial charge on any atom is 0.292 e. The van der Waals surface area contributed by atoms with E-state index in [0.29, 0.717) is 5.69 Å². The molecule has 0 aliphatic carbocycles. The Hall–Kier alpha value is -2.11. The fourth-order valence-corrected chi connectivity index (χ4v) is 2.51. The van der Waals surface area contributed by atoms with Crippen LogP contribution in [0.25, 0.3) is 0 Å². The number of amides is 1. The van der Waals surface area contributed by atoms with Crippen molar-refractivity contribution in [2.75, 3.05) is 0 Å². The van der Waals surface area contributed by atoms with Gasteiger partial charge in [-0.2, -0.15) is 0 Å². The first kappa shape index (κ1) is 15.3. The van der Waals surface area contributed by atoms with Gasteiger partial charge in [0.1, 0.15) is 11.9 Å². The normalized spacial score (nSPS) is 19.9. The summed E-state index contributed by atoms with van der Waals surface area (Å²) in [5.74, 6) is -0.633. The fourth-order valence-electron chi connectivity index (χ4n) is 2.51. The van der Waals surface area contributed by atoms with Gasteiger partial charge in [-0.1, -0.05) is 26.2 Å². The Morgan fingerprint density at radius 2 is 2.24 bits per heavy atom. The van der Waals surface area contributed by atoms with Crippen LogP contribution in [-0.4, -0.2) is 31.9 Å². The Morgan fingerprint density at radius 1 is 1.43 bits per heavy atom. The smallest absolute Gasteiger partial charge is 0.292 e. The third kappa shape index (κ3) is 3.51. The molecular formula is C15H22N4O2. The zero-order chi connectivity index (χ0) is 15.2. The summed E-state index contributed by atoms with van der Waals surface area (Å²) in [5.41, 5.74) is 0.664. The molecule has 1 aliphatic rings. The average molecular weight is 290 g/mol. The number of rotatable bonds is 6. The number of carbonyl (C=O) groups excluding carboxylic acids is 1. The predicted molar refractivity (Wildman–Crippen MR) is 79.1 cm³/mol. The Morgan fingerprint density at radius 3 is 2.90 bits per heavy atom. The van der Waals surface area contributed by atoms with Gasteiger partial charge in [-0.15, -0.1) is 0 Å². The summed E-state index contributed by atoms with van der Waals surface area (Å²) in [6.45, 7) is 4.15. The fraction of sp³-hybridized carbons (Fsp3) is 0.533. The third-order valence-corrected chi connectivity index (χ3v) is 3.67. The van der Waals surface area contributed by atoms with E-state index in [0.717, 1.165) is 25.7 Å². The summed E-state index contributed by atoms with van der Waals surface area (Å²) < 4.78 is 0. The highest BCUT2D eigenvalue weighted by Crippen LogP contribution is 2.25. The molecule has 0 aromatic carbocycles. The van der Waals surface area contributed by atoms with Gasteiger partial charge in [-0.05, 0) is 13.3 Å². The summed E-state index contributed by atoms with van der Waals surface area (Å²) >= 11 is 0. The highest BCUT2D eigenvalue weighted by molar-refractivity contribution is 5.92. The molecule has 0 bridgehead atoms. The van der Waals surface area contributed by atoms with Crippen LogP contribution in [0.15, 0.2) is 30.5 Å². The van der Waals surface area contributed by atoms with Crippen molar-refractivity contribution in [3.8, 4) is 0 Å². The molecule has 0 radical (unpaired) electrons. The van der Waals surface area contributed by atoms with E-state index in [-0.39, 0.29) is 17.7 Å². The van der Waals surface area contributed by atoms with Crippen LogP contribution in [0.4, 0.5) is 0 Å². The first-order valence-electron chi connectivity index (χ1n) is 7.39. The SMILES string of the molecule is CCCCCC(C)N1C(=O)C(O)=CNC1c1cnccn1. The molecule has 6 nitrogen and oxygen atoms in total. The minimum Gasteiger partial charge on any atom is -0.502 e. The lowest BCUT2D eigenvalue weighted by atomic mass is 10.1. The van der Waals surface area contributed by atoms with Gasteiger partial charge in [0, 0.05) is 24.6 Å². The molecule has 114 valence electrons. The van der Waals surface area contributed by atoms with E-state index >= 15 is 0 Å². The van der Waals surface area contributed by atoms with Crippen molar-refractivity contribution in [1.82, 2.24) is 20.2 Å². The second-order valence-corrected chi connectivity index (χ2v) is 5.29. The Balaban J connectivity index is 2.19. The molecule has 2 rings (SSSR count).